The SMILES string of the molecule is CCN1CCCCC1CC1(CC)CCCCN1. The smallest absolute Gasteiger partial charge is 0.0193 e. The number of hydrogen-bond acceptors (Lipinski definition) is 2. The van der Waals surface area contributed by atoms with E-state index in [1.54, 1.807) is 0 Å². The molecule has 2 atom stereocenters. The molecule has 0 radical (unpaired) electrons. The fourth-order valence-electron chi connectivity index (χ4n) is 3.81. The van der Waals surface area contributed by atoms with Crippen LogP contribution >= 0.6 is 0 Å². The lowest BCUT2D eigenvalue weighted by molar-refractivity contribution is 0.0987. The first kappa shape index (κ1) is 13.4. The van der Waals surface area contributed by atoms with Crippen LogP contribution in [0.2, 0.25) is 0 Å². The van der Waals surface area contributed by atoms with E-state index in [0.717, 1.165) is 6.04 Å². The van der Waals surface area contributed by atoms with Gasteiger partial charge in [0.1, 0.15) is 0 Å². The monoisotopic (exact) mass is 238 g/mol. The van der Waals surface area contributed by atoms with Crippen molar-refractivity contribution in [3.05, 3.63) is 0 Å². The zero-order valence-electron chi connectivity index (χ0n) is 11.8. The van der Waals surface area contributed by atoms with Gasteiger partial charge in [-0.15, -0.1) is 0 Å². The summed E-state index contributed by atoms with van der Waals surface area (Å²) in [5.74, 6) is 0. The highest BCUT2D eigenvalue weighted by Crippen LogP contribution is 2.32. The lowest BCUT2D eigenvalue weighted by Crippen LogP contribution is -2.53. The van der Waals surface area contributed by atoms with Gasteiger partial charge in [0.05, 0.1) is 0 Å². The first-order valence-electron chi connectivity index (χ1n) is 7.79. The van der Waals surface area contributed by atoms with Crippen LogP contribution in [0.5, 0.6) is 0 Å². The van der Waals surface area contributed by atoms with Crippen LogP contribution in [-0.4, -0.2) is 36.1 Å². The van der Waals surface area contributed by atoms with E-state index < -0.39 is 0 Å². The second-order valence-corrected chi connectivity index (χ2v) is 6.00. The second kappa shape index (κ2) is 6.19. The summed E-state index contributed by atoms with van der Waals surface area (Å²) >= 11 is 0. The summed E-state index contributed by atoms with van der Waals surface area (Å²) in [6, 6.07) is 0.847. The summed E-state index contributed by atoms with van der Waals surface area (Å²) in [6.07, 6.45) is 11.2. The van der Waals surface area contributed by atoms with E-state index in [0.29, 0.717) is 5.54 Å². The van der Waals surface area contributed by atoms with Gasteiger partial charge in [0.15, 0.2) is 0 Å². The summed E-state index contributed by atoms with van der Waals surface area (Å²) in [5.41, 5.74) is 0.466. The van der Waals surface area contributed by atoms with Crippen molar-refractivity contribution in [1.29, 1.82) is 0 Å². The van der Waals surface area contributed by atoms with Gasteiger partial charge in [0, 0.05) is 11.6 Å². The van der Waals surface area contributed by atoms with E-state index in [9.17, 15) is 0 Å². The van der Waals surface area contributed by atoms with Gasteiger partial charge in [0.2, 0.25) is 0 Å². The molecule has 2 saturated heterocycles. The quantitative estimate of drug-likeness (QED) is 0.809. The Kier molecular flexibility index (Phi) is 4.87. The Morgan fingerprint density at radius 1 is 1.18 bits per heavy atom. The third-order valence-corrected chi connectivity index (χ3v) is 5.04. The van der Waals surface area contributed by atoms with Crippen LogP contribution in [0.25, 0.3) is 0 Å². The molecule has 2 heteroatoms. The predicted molar refractivity (Wildman–Crippen MR) is 74.4 cm³/mol. The maximum atomic E-state index is 3.85. The maximum absolute atomic E-state index is 3.85. The van der Waals surface area contributed by atoms with Crippen molar-refractivity contribution < 1.29 is 0 Å². The van der Waals surface area contributed by atoms with Crippen LogP contribution in [0, 0.1) is 0 Å². The van der Waals surface area contributed by atoms with E-state index >= 15 is 0 Å². The predicted octanol–water partition coefficient (Wildman–Crippen LogP) is 3.17. The molecule has 2 nitrogen and oxygen atoms in total. The Bertz CT molecular complexity index is 221. The molecule has 2 heterocycles. The molecule has 2 unspecified atom stereocenters. The number of likely N-dealkylation sites (tertiary alicyclic amines) is 1. The third kappa shape index (κ3) is 3.23. The molecule has 1 N–H and O–H groups in total. The van der Waals surface area contributed by atoms with Gasteiger partial charge in [-0.1, -0.05) is 26.7 Å². The first-order valence-corrected chi connectivity index (χ1v) is 7.79. The van der Waals surface area contributed by atoms with Gasteiger partial charge in [-0.3, -0.25) is 0 Å². The summed E-state index contributed by atoms with van der Waals surface area (Å²) in [4.78, 5) is 2.72. The molecule has 0 aromatic carbocycles. The zero-order chi connectivity index (χ0) is 12.1. The molecule has 0 bridgehead atoms. The minimum atomic E-state index is 0.466. The highest BCUT2D eigenvalue weighted by Gasteiger charge is 2.34. The molecule has 2 rings (SSSR count). The standard InChI is InChI=1S/C15H30N2/c1-3-15(10-6-7-11-16-15)13-14-9-5-8-12-17(14)4-2/h14,16H,3-13H2,1-2H3. The average molecular weight is 238 g/mol. The normalized spacial score (nSPS) is 36.0. The highest BCUT2D eigenvalue weighted by molar-refractivity contribution is 4.94. The molecule has 100 valence electrons. The number of nitrogens with one attached hydrogen (secondary N) is 1. The number of nitrogens with zero attached hydrogens (tertiary/aromatic N) is 1. The van der Waals surface area contributed by atoms with Crippen LogP contribution in [0.4, 0.5) is 0 Å². The minimum Gasteiger partial charge on any atom is -0.311 e. The number of rotatable bonds is 4. The van der Waals surface area contributed by atoms with Gasteiger partial charge in [0.25, 0.3) is 0 Å². The van der Waals surface area contributed by atoms with Crippen molar-refractivity contribution in [3.8, 4) is 0 Å². The Balaban J connectivity index is 1.96. The van der Waals surface area contributed by atoms with Gasteiger partial charge >= 0.3 is 0 Å². The molecule has 0 aromatic rings. The second-order valence-electron chi connectivity index (χ2n) is 6.00. The summed E-state index contributed by atoms with van der Waals surface area (Å²) in [7, 11) is 0. The third-order valence-electron chi connectivity index (χ3n) is 5.04. The Morgan fingerprint density at radius 2 is 2.06 bits per heavy atom. The molecule has 0 saturated carbocycles. The molecular weight excluding hydrogens is 208 g/mol. The fraction of sp³-hybridized carbons (Fsp3) is 1.00. The molecule has 0 spiro atoms. The summed E-state index contributed by atoms with van der Waals surface area (Å²) in [6.45, 7) is 8.51. The zero-order valence-corrected chi connectivity index (χ0v) is 11.8. The molecule has 0 aromatic heterocycles. The van der Waals surface area contributed by atoms with E-state index in [1.807, 2.05) is 0 Å². The maximum Gasteiger partial charge on any atom is 0.0193 e. The summed E-state index contributed by atoms with van der Waals surface area (Å²) in [5, 5.41) is 3.85. The summed E-state index contributed by atoms with van der Waals surface area (Å²) < 4.78 is 0. The van der Waals surface area contributed by atoms with Crippen molar-refractivity contribution in [1.82, 2.24) is 10.2 Å². The van der Waals surface area contributed by atoms with Crippen molar-refractivity contribution in [2.24, 2.45) is 0 Å². The Labute approximate surface area is 107 Å². The van der Waals surface area contributed by atoms with E-state index in [1.165, 1.54) is 71.0 Å². The van der Waals surface area contributed by atoms with Gasteiger partial charge in [-0.2, -0.15) is 0 Å². The Hall–Kier alpha value is -0.0800. The molecule has 2 aliphatic rings. The average Bonchev–Trinajstić information content (AvgIpc) is 2.40. The van der Waals surface area contributed by atoms with Crippen molar-refractivity contribution >= 4 is 0 Å². The van der Waals surface area contributed by atoms with E-state index in [2.05, 4.69) is 24.1 Å². The highest BCUT2D eigenvalue weighted by atomic mass is 15.2. The minimum absolute atomic E-state index is 0.466. The van der Waals surface area contributed by atoms with E-state index in [4.69, 9.17) is 0 Å². The van der Waals surface area contributed by atoms with Crippen molar-refractivity contribution in [3.63, 3.8) is 0 Å². The topological polar surface area (TPSA) is 15.3 Å². The van der Waals surface area contributed by atoms with Crippen molar-refractivity contribution in [2.45, 2.75) is 76.8 Å². The van der Waals surface area contributed by atoms with Crippen LogP contribution in [0.3, 0.4) is 0 Å². The van der Waals surface area contributed by atoms with Crippen LogP contribution in [-0.2, 0) is 0 Å². The van der Waals surface area contributed by atoms with Gasteiger partial charge in [-0.05, 0) is 58.2 Å². The number of piperidine rings is 2. The number of hydrogen-bond donors (Lipinski definition) is 1. The largest absolute Gasteiger partial charge is 0.311 e. The molecule has 2 fully saturated rings. The molecular formula is C15H30N2. The first-order chi connectivity index (χ1) is 8.29. The lowest BCUT2D eigenvalue weighted by Gasteiger charge is -2.44. The Morgan fingerprint density at radius 3 is 2.71 bits per heavy atom. The van der Waals surface area contributed by atoms with Crippen LogP contribution in [0.15, 0.2) is 0 Å². The molecule has 2 aliphatic heterocycles. The fourth-order valence-corrected chi connectivity index (χ4v) is 3.81. The van der Waals surface area contributed by atoms with Crippen LogP contribution < -0.4 is 5.32 Å². The van der Waals surface area contributed by atoms with Crippen molar-refractivity contribution in [2.75, 3.05) is 19.6 Å². The van der Waals surface area contributed by atoms with Gasteiger partial charge in [-0.25, -0.2) is 0 Å². The van der Waals surface area contributed by atoms with Gasteiger partial charge < -0.3 is 10.2 Å². The molecule has 17 heavy (non-hydrogen) atoms. The van der Waals surface area contributed by atoms with Crippen LogP contribution in [0.1, 0.15) is 65.2 Å². The lowest BCUT2D eigenvalue weighted by atomic mass is 9.79. The van der Waals surface area contributed by atoms with E-state index in [-0.39, 0.29) is 0 Å². The molecule has 0 aliphatic carbocycles. The molecule has 0 amide bonds.